The summed E-state index contributed by atoms with van der Waals surface area (Å²) in [6.07, 6.45) is 0.455. The lowest BCUT2D eigenvalue weighted by molar-refractivity contribution is -0.0190. The van der Waals surface area contributed by atoms with E-state index in [4.69, 9.17) is 9.84 Å². The first-order valence-electron chi connectivity index (χ1n) is 9.17. The van der Waals surface area contributed by atoms with Gasteiger partial charge in [-0.25, -0.2) is 5.01 Å². The zero-order valence-electron chi connectivity index (χ0n) is 15.0. The number of fused-ring (bicyclic) bond motifs is 3. The minimum absolute atomic E-state index is 0.0927. The summed E-state index contributed by atoms with van der Waals surface area (Å²) >= 11 is 0. The molecule has 3 aromatic carbocycles. The van der Waals surface area contributed by atoms with Gasteiger partial charge in [0.2, 0.25) is 6.23 Å². The zero-order valence-corrected chi connectivity index (χ0v) is 15.0. The maximum atomic E-state index is 10.4. The van der Waals surface area contributed by atoms with Crippen LogP contribution in [0.15, 0.2) is 77.9 Å². The molecule has 5 rings (SSSR count). The molecule has 0 aromatic heterocycles. The van der Waals surface area contributed by atoms with Crippen LogP contribution in [0.4, 0.5) is 0 Å². The molecular weight excluding hydrogens is 336 g/mol. The second-order valence-electron chi connectivity index (χ2n) is 7.09. The molecule has 2 aliphatic heterocycles. The van der Waals surface area contributed by atoms with Gasteiger partial charge in [-0.2, -0.15) is 5.10 Å². The van der Waals surface area contributed by atoms with Gasteiger partial charge in [-0.3, -0.25) is 0 Å². The Balaban J connectivity index is 1.62. The van der Waals surface area contributed by atoms with Crippen molar-refractivity contribution in [3.63, 3.8) is 0 Å². The molecule has 0 unspecified atom stereocenters. The van der Waals surface area contributed by atoms with Crippen molar-refractivity contribution in [1.82, 2.24) is 5.01 Å². The molecule has 4 heteroatoms. The summed E-state index contributed by atoms with van der Waals surface area (Å²) in [5.74, 6) is 1.17. The minimum atomic E-state index is -0.282. The number of phenolic OH excluding ortho intramolecular Hbond substituents is 1. The number of hydrazone groups is 1. The Morgan fingerprint density at radius 2 is 1.78 bits per heavy atom. The van der Waals surface area contributed by atoms with Gasteiger partial charge in [-0.05, 0) is 25.1 Å². The SMILES string of the molecule is Cc1ccc(O)c(C2=NN3[C@@H](C2)c2ccccc2O[C@H]3c2ccccc2)c1. The van der Waals surface area contributed by atoms with Crippen LogP contribution >= 0.6 is 0 Å². The van der Waals surface area contributed by atoms with E-state index in [2.05, 4.69) is 18.2 Å². The largest absolute Gasteiger partial charge is 0.507 e. The second-order valence-corrected chi connectivity index (χ2v) is 7.09. The lowest BCUT2D eigenvalue weighted by Gasteiger charge is -2.38. The number of para-hydroxylation sites is 1. The fourth-order valence-electron chi connectivity index (χ4n) is 3.92. The highest BCUT2D eigenvalue weighted by atomic mass is 16.5. The highest BCUT2D eigenvalue weighted by molar-refractivity contribution is 6.04. The molecule has 0 amide bonds. The van der Waals surface area contributed by atoms with E-state index in [-0.39, 0.29) is 18.0 Å². The topological polar surface area (TPSA) is 45.1 Å². The van der Waals surface area contributed by atoms with Gasteiger partial charge in [0.25, 0.3) is 0 Å². The number of rotatable bonds is 2. The minimum Gasteiger partial charge on any atom is -0.507 e. The van der Waals surface area contributed by atoms with Crippen molar-refractivity contribution in [2.24, 2.45) is 5.10 Å². The average molecular weight is 356 g/mol. The van der Waals surface area contributed by atoms with Crippen LogP contribution in [0.25, 0.3) is 0 Å². The molecule has 2 aliphatic rings. The number of ether oxygens (including phenoxy) is 1. The Morgan fingerprint density at radius 3 is 2.63 bits per heavy atom. The molecule has 2 heterocycles. The highest BCUT2D eigenvalue weighted by Gasteiger charge is 2.41. The Morgan fingerprint density at radius 1 is 1.00 bits per heavy atom. The van der Waals surface area contributed by atoms with Crippen LogP contribution in [-0.4, -0.2) is 15.8 Å². The molecular formula is C23H20N2O2. The molecule has 3 aromatic rings. The first-order valence-corrected chi connectivity index (χ1v) is 9.17. The predicted molar refractivity (Wildman–Crippen MR) is 105 cm³/mol. The molecule has 2 atom stereocenters. The molecule has 0 aliphatic carbocycles. The van der Waals surface area contributed by atoms with Crippen molar-refractivity contribution in [1.29, 1.82) is 0 Å². The van der Waals surface area contributed by atoms with Gasteiger partial charge in [-0.15, -0.1) is 0 Å². The van der Waals surface area contributed by atoms with E-state index in [1.54, 1.807) is 6.07 Å². The summed E-state index contributed by atoms with van der Waals surface area (Å²) in [6.45, 7) is 2.02. The lowest BCUT2D eigenvalue weighted by atomic mass is 9.95. The monoisotopic (exact) mass is 356 g/mol. The predicted octanol–water partition coefficient (Wildman–Crippen LogP) is 4.94. The number of nitrogens with zero attached hydrogens (tertiary/aromatic N) is 2. The van der Waals surface area contributed by atoms with Crippen LogP contribution in [0, 0.1) is 6.92 Å². The van der Waals surface area contributed by atoms with E-state index >= 15 is 0 Å². The van der Waals surface area contributed by atoms with Crippen LogP contribution in [0.5, 0.6) is 11.5 Å². The molecule has 134 valence electrons. The maximum absolute atomic E-state index is 10.4. The van der Waals surface area contributed by atoms with Gasteiger partial charge >= 0.3 is 0 Å². The summed E-state index contributed by atoms with van der Waals surface area (Å²) in [5.41, 5.74) is 4.99. The number of aryl methyl sites for hydroxylation is 1. The highest BCUT2D eigenvalue weighted by Crippen LogP contribution is 2.47. The Bertz CT molecular complexity index is 1030. The van der Waals surface area contributed by atoms with Crippen LogP contribution < -0.4 is 4.74 Å². The number of aromatic hydroxyl groups is 1. The van der Waals surface area contributed by atoms with Gasteiger partial charge in [0.15, 0.2) is 0 Å². The van der Waals surface area contributed by atoms with E-state index in [1.165, 1.54) is 0 Å². The number of phenols is 1. The van der Waals surface area contributed by atoms with E-state index < -0.39 is 0 Å². The van der Waals surface area contributed by atoms with E-state index in [0.29, 0.717) is 0 Å². The summed E-state index contributed by atoms with van der Waals surface area (Å²) in [6, 6.07) is 24.0. The maximum Gasteiger partial charge on any atom is 0.213 e. The second kappa shape index (κ2) is 6.16. The summed E-state index contributed by atoms with van der Waals surface area (Å²) < 4.78 is 6.33. The van der Waals surface area contributed by atoms with Crippen LogP contribution in [0.3, 0.4) is 0 Å². The fourth-order valence-corrected chi connectivity index (χ4v) is 3.92. The Hall–Kier alpha value is -3.27. The van der Waals surface area contributed by atoms with Crippen LogP contribution in [-0.2, 0) is 0 Å². The molecule has 27 heavy (non-hydrogen) atoms. The Labute approximate surface area is 158 Å². The standard InChI is InChI=1S/C23H20N2O2/c1-15-11-12-21(26)18(13-15)19-14-20-17-9-5-6-10-22(17)27-23(25(20)24-19)16-7-3-2-4-8-16/h2-13,20,23,26H,14H2,1H3/t20-,23-/m0/s1. The third kappa shape index (κ3) is 2.65. The van der Waals surface area contributed by atoms with Gasteiger partial charge in [0.05, 0.1) is 11.8 Å². The lowest BCUT2D eigenvalue weighted by Crippen LogP contribution is -2.33. The smallest absolute Gasteiger partial charge is 0.213 e. The van der Waals surface area contributed by atoms with Gasteiger partial charge in [0, 0.05) is 23.1 Å². The summed E-state index contributed by atoms with van der Waals surface area (Å²) in [7, 11) is 0. The third-order valence-electron chi connectivity index (χ3n) is 5.25. The van der Waals surface area contributed by atoms with Gasteiger partial charge in [0.1, 0.15) is 11.5 Å². The molecule has 0 fully saturated rings. The molecule has 4 nitrogen and oxygen atoms in total. The number of hydrogen-bond acceptors (Lipinski definition) is 4. The summed E-state index contributed by atoms with van der Waals surface area (Å²) in [4.78, 5) is 0. The van der Waals surface area contributed by atoms with Crippen LogP contribution in [0.2, 0.25) is 0 Å². The fraction of sp³-hybridized carbons (Fsp3) is 0.174. The number of hydrogen-bond donors (Lipinski definition) is 1. The Kier molecular flexibility index (Phi) is 3.64. The average Bonchev–Trinajstić information content (AvgIpc) is 3.15. The van der Waals surface area contributed by atoms with E-state index in [9.17, 15) is 5.11 Å². The van der Waals surface area contributed by atoms with Crippen molar-refractivity contribution in [3.05, 3.63) is 95.1 Å². The molecule has 0 saturated carbocycles. The number of benzene rings is 3. The molecule has 0 radical (unpaired) electrons. The van der Waals surface area contributed by atoms with E-state index in [1.807, 2.05) is 60.5 Å². The van der Waals surface area contributed by atoms with Gasteiger partial charge in [-0.1, -0.05) is 60.2 Å². The quantitative estimate of drug-likeness (QED) is 0.707. The van der Waals surface area contributed by atoms with Crippen molar-refractivity contribution in [2.75, 3.05) is 0 Å². The summed E-state index contributed by atoms with van der Waals surface area (Å²) in [5, 5.41) is 17.3. The van der Waals surface area contributed by atoms with Crippen molar-refractivity contribution >= 4 is 5.71 Å². The molecule has 0 spiro atoms. The first-order chi connectivity index (χ1) is 13.2. The zero-order chi connectivity index (χ0) is 18.4. The molecule has 0 saturated heterocycles. The van der Waals surface area contributed by atoms with Crippen molar-refractivity contribution < 1.29 is 9.84 Å². The first kappa shape index (κ1) is 15.9. The van der Waals surface area contributed by atoms with E-state index in [0.717, 1.165) is 40.1 Å². The third-order valence-corrected chi connectivity index (χ3v) is 5.25. The molecule has 1 N–H and O–H groups in total. The van der Waals surface area contributed by atoms with Crippen molar-refractivity contribution in [3.8, 4) is 11.5 Å². The van der Waals surface area contributed by atoms with Crippen molar-refractivity contribution in [2.45, 2.75) is 25.6 Å². The van der Waals surface area contributed by atoms with Gasteiger partial charge < -0.3 is 9.84 Å². The van der Waals surface area contributed by atoms with Crippen LogP contribution in [0.1, 0.15) is 40.9 Å². The molecule has 0 bridgehead atoms. The normalized spacial score (nSPS) is 20.5.